The molecule has 0 fully saturated rings. The van der Waals surface area contributed by atoms with E-state index in [9.17, 15) is 4.79 Å². The highest BCUT2D eigenvalue weighted by Gasteiger charge is 2.11. The van der Waals surface area contributed by atoms with Gasteiger partial charge in [-0.15, -0.1) is 11.3 Å². The van der Waals surface area contributed by atoms with Crippen LogP contribution in [0.4, 0.5) is 0 Å². The predicted octanol–water partition coefficient (Wildman–Crippen LogP) is 3.98. The van der Waals surface area contributed by atoms with Crippen LogP contribution in [0.5, 0.6) is 0 Å². The number of rotatable bonds is 6. The molecular weight excluding hydrogens is 344 g/mol. The average molecular weight is 362 g/mol. The van der Waals surface area contributed by atoms with Crippen molar-refractivity contribution in [2.24, 2.45) is 0 Å². The number of pyridine rings is 1. The molecule has 3 heterocycles. The molecule has 5 nitrogen and oxygen atoms in total. The Morgan fingerprint density at radius 2 is 2.00 bits per heavy atom. The molecule has 3 aromatic heterocycles. The molecule has 0 saturated carbocycles. The van der Waals surface area contributed by atoms with Crippen molar-refractivity contribution in [1.82, 2.24) is 19.9 Å². The number of amides is 1. The van der Waals surface area contributed by atoms with E-state index in [2.05, 4.69) is 25.9 Å². The molecule has 0 atom stereocenters. The number of thiazole rings is 1. The molecule has 130 valence electrons. The molecule has 4 rings (SSSR count). The van der Waals surface area contributed by atoms with Gasteiger partial charge in [-0.3, -0.25) is 4.79 Å². The lowest BCUT2D eigenvalue weighted by Crippen LogP contribution is -2.25. The summed E-state index contributed by atoms with van der Waals surface area (Å²) < 4.78 is 2.11. The molecule has 1 amide bonds. The van der Waals surface area contributed by atoms with Crippen LogP contribution in [-0.2, 0) is 6.54 Å². The number of nitrogens with one attached hydrogen (secondary N) is 1. The second kappa shape index (κ2) is 7.49. The molecule has 0 aliphatic heterocycles. The minimum absolute atomic E-state index is 0.126. The topological polar surface area (TPSA) is 59.8 Å². The van der Waals surface area contributed by atoms with E-state index in [1.165, 1.54) is 11.3 Å². The van der Waals surface area contributed by atoms with Gasteiger partial charge in [-0.1, -0.05) is 30.3 Å². The highest BCUT2D eigenvalue weighted by atomic mass is 32.1. The van der Waals surface area contributed by atoms with Crippen molar-refractivity contribution in [2.45, 2.75) is 13.0 Å². The molecule has 0 bridgehead atoms. The van der Waals surface area contributed by atoms with Gasteiger partial charge in [-0.2, -0.15) is 0 Å². The van der Waals surface area contributed by atoms with Gasteiger partial charge in [-0.25, -0.2) is 9.97 Å². The second-order valence-corrected chi connectivity index (χ2v) is 6.80. The van der Waals surface area contributed by atoms with Crippen molar-refractivity contribution >= 4 is 28.3 Å². The van der Waals surface area contributed by atoms with Gasteiger partial charge in [0.05, 0.1) is 0 Å². The smallest absolute Gasteiger partial charge is 0.270 e. The van der Waals surface area contributed by atoms with Crippen LogP contribution in [0.1, 0.15) is 16.9 Å². The largest absolute Gasteiger partial charge is 0.351 e. The molecule has 0 spiro atoms. The number of hydrogen-bond donors (Lipinski definition) is 1. The maximum atomic E-state index is 12.3. The summed E-state index contributed by atoms with van der Waals surface area (Å²) >= 11 is 1.49. The molecular formula is C20H18N4OS. The fourth-order valence-electron chi connectivity index (χ4n) is 2.83. The van der Waals surface area contributed by atoms with Gasteiger partial charge >= 0.3 is 0 Å². The van der Waals surface area contributed by atoms with Crippen molar-refractivity contribution < 1.29 is 4.79 Å². The molecule has 1 aromatic carbocycles. The van der Waals surface area contributed by atoms with Crippen molar-refractivity contribution in [2.75, 3.05) is 6.54 Å². The molecule has 0 unspecified atom stereocenters. The first kappa shape index (κ1) is 16.5. The predicted molar refractivity (Wildman–Crippen MR) is 104 cm³/mol. The minimum atomic E-state index is -0.126. The van der Waals surface area contributed by atoms with Crippen LogP contribution in [0, 0.1) is 0 Å². The average Bonchev–Trinajstić information content (AvgIpc) is 3.33. The van der Waals surface area contributed by atoms with E-state index in [1.54, 1.807) is 11.6 Å². The normalized spacial score (nSPS) is 10.9. The van der Waals surface area contributed by atoms with E-state index < -0.39 is 0 Å². The summed E-state index contributed by atoms with van der Waals surface area (Å²) in [6, 6.07) is 15.9. The molecule has 0 aliphatic rings. The van der Waals surface area contributed by atoms with Gasteiger partial charge < -0.3 is 9.88 Å². The van der Waals surface area contributed by atoms with Crippen LogP contribution in [0.3, 0.4) is 0 Å². The number of aromatic nitrogens is 3. The lowest BCUT2D eigenvalue weighted by Gasteiger charge is -2.06. The zero-order chi connectivity index (χ0) is 17.8. The van der Waals surface area contributed by atoms with Gasteiger partial charge in [0.2, 0.25) is 0 Å². The third-order valence-electron chi connectivity index (χ3n) is 4.14. The fourth-order valence-corrected chi connectivity index (χ4v) is 3.64. The Bertz CT molecular complexity index is 1020. The first-order valence-corrected chi connectivity index (χ1v) is 9.38. The Labute approximate surface area is 155 Å². The Kier molecular flexibility index (Phi) is 4.75. The Morgan fingerprint density at radius 3 is 2.88 bits per heavy atom. The highest BCUT2D eigenvalue weighted by Crippen LogP contribution is 2.23. The van der Waals surface area contributed by atoms with Crippen LogP contribution >= 0.6 is 11.3 Å². The highest BCUT2D eigenvalue weighted by molar-refractivity contribution is 7.13. The van der Waals surface area contributed by atoms with Gasteiger partial charge in [0, 0.05) is 41.8 Å². The zero-order valence-electron chi connectivity index (χ0n) is 14.1. The number of benzene rings is 1. The van der Waals surface area contributed by atoms with E-state index in [-0.39, 0.29) is 5.91 Å². The molecule has 0 aliphatic carbocycles. The SMILES string of the molecule is O=C(NCCCn1ccc2cccnc21)c1csc(-c2ccccc2)n1. The summed E-state index contributed by atoms with van der Waals surface area (Å²) in [5, 5.41) is 6.75. The van der Waals surface area contributed by atoms with Crippen LogP contribution in [0.2, 0.25) is 0 Å². The van der Waals surface area contributed by atoms with E-state index in [4.69, 9.17) is 0 Å². The van der Waals surface area contributed by atoms with Crippen molar-refractivity contribution in [1.29, 1.82) is 0 Å². The summed E-state index contributed by atoms with van der Waals surface area (Å²) in [6.07, 6.45) is 4.67. The molecule has 4 aromatic rings. The Balaban J connectivity index is 1.31. The van der Waals surface area contributed by atoms with Crippen LogP contribution < -0.4 is 5.32 Å². The number of fused-ring (bicyclic) bond motifs is 1. The molecule has 0 saturated heterocycles. The van der Waals surface area contributed by atoms with Crippen LogP contribution in [0.15, 0.2) is 66.3 Å². The van der Waals surface area contributed by atoms with Gasteiger partial charge in [-0.05, 0) is 24.6 Å². The lowest BCUT2D eigenvalue weighted by molar-refractivity contribution is 0.0948. The van der Waals surface area contributed by atoms with Crippen molar-refractivity contribution in [3.8, 4) is 10.6 Å². The zero-order valence-corrected chi connectivity index (χ0v) is 14.9. The molecule has 1 N–H and O–H groups in total. The molecule has 6 heteroatoms. The minimum Gasteiger partial charge on any atom is -0.351 e. The van der Waals surface area contributed by atoms with Crippen molar-refractivity contribution in [3.63, 3.8) is 0 Å². The first-order chi connectivity index (χ1) is 12.8. The van der Waals surface area contributed by atoms with Gasteiger partial charge in [0.15, 0.2) is 0 Å². The Morgan fingerprint density at radius 1 is 1.12 bits per heavy atom. The number of carbonyl (C=O) groups is 1. The number of aryl methyl sites for hydroxylation is 1. The maximum absolute atomic E-state index is 12.3. The lowest BCUT2D eigenvalue weighted by atomic mass is 10.2. The standard InChI is InChI=1S/C20H18N4OS/c25-19(17-14-26-20(23-17)16-6-2-1-3-7-16)22-11-5-12-24-13-9-15-8-4-10-21-18(15)24/h1-4,6-10,13-14H,5,11-12H2,(H,22,25). The van der Waals surface area contributed by atoms with Crippen LogP contribution in [-0.4, -0.2) is 27.0 Å². The second-order valence-electron chi connectivity index (χ2n) is 5.94. The monoisotopic (exact) mass is 362 g/mol. The number of hydrogen-bond acceptors (Lipinski definition) is 4. The summed E-state index contributed by atoms with van der Waals surface area (Å²) in [6.45, 7) is 1.41. The first-order valence-electron chi connectivity index (χ1n) is 8.50. The van der Waals surface area contributed by atoms with Crippen molar-refractivity contribution in [3.05, 3.63) is 72.0 Å². The van der Waals surface area contributed by atoms with Gasteiger partial charge in [0.25, 0.3) is 5.91 Å². The summed E-state index contributed by atoms with van der Waals surface area (Å²) in [5.41, 5.74) is 2.48. The van der Waals surface area contributed by atoms with Crippen LogP contribution in [0.25, 0.3) is 21.6 Å². The van der Waals surface area contributed by atoms with E-state index in [0.29, 0.717) is 12.2 Å². The van der Waals surface area contributed by atoms with E-state index in [0.717, 1.165) is 34.6 Å². The quantitative estimate of drug-likeness (QED) is 0.528. The number of carbonyl (C=O) groups excluding carboxylic acids is 1. The van der Waals surface area contributed by atoms with E-state index >= 15 is 0 Å². The third-order valence-corrected chi connectivity index (χ3v) is 5.03. The summed E-state index contributed by atoms with van der Waals surface area (Å²) in [7, 11) is 0. The molecule has 26 heavy (non-hydrogen) atoms. The van der Waals surface area contributed by atoms with E-state index in [1.807, 2.05) is 48.7 Å². The third kappa shape index (κ3) is 3.50. The Hall–Kier alpha value is -2.99. The summed E-state index contributed by atoms with van der Waals surface area (Å²) in [4.78, 5) is 21.1. The summed E-state index contributed by atoms with van der Waals surface area (Å²) in [5.74, 6) is -0.126. The fraction of sp³-hybridized carbons (Fsp3) is 0.150. The maximum Gasteiger partial charge on any atom is 0.270 e. The molecule has 0 radical (unpaired) electrons. The van der Waals surface area contributed by atoms with Gasteiger partial charge in [0.1, 0.15) is 16.3 Å². The number of nitrogens with zero attached hydrogens (tertiary/aromatic N) is 3.